The molecule has 0 N–H and O–H groups in total. The summed E-state index contributed by atoms with van der Waals surface area (Å²) in [6.07, 6.45) is 6.61. The summed E-state index contributed by atoms with van der Waals surface area (Å²) in [5.74, 6) is 1.60. The molecule has 3 nitrogen and oxygen atoms in total. The summed E-state index contributed by atoms with van der Waals surface area (Å²) in [4.78, 5) is 0. The number of allylic oxidation sites excluding steroid dienone is 3. The molecule has 0 aromatic rings. The van der Waals surface area contributed by atoms with Gasteiger partial charge in [0.15, 0.2) is 17.4 Å². The minimum atomic E-state index is -0.776. The van der Waals surface area contributed by atoms with Crippen LogP contribution in [0.5, 0.6) is 0 Å². The van der Waals surface area contributed by atoms with Crippen molar-refractivity contribution in [2.45, 2.75) is 19.8 Å². The standard InChI is InChI=1S/C10H14O3P.Al.3H/c1-2-12-10(13-14-11)9-6-7-3-4-8(9)5-7;;;;/h3-4,7-8,14H,2,5-6H2,1H3;;;;/q+1;;;;/b10-9+;;;;. The summed E-state index contributed by atoms with van der Waals surface area (Å²) in [6, 6.07) is 0. The Labute approximate surface area is 102 Å². The zero-order valence-electron chi connectivity index (χ0n) is 8.16. The molecule has 2 rings (SSSR count). The lowest BCUT2D eigenvalue weighted by Gasteiger charge is -2.10. The van der Waals surface area contributed by atoms with E-state index in [0.717, 1.165) is 12.8 Å². The van der Waals surface area contributed by atoms with E-state index in [2.05, 4.69) is 12.2 Å². The Kier molecular flexibility index (Phi) is 4.86. The van der Waals surface area contributed by atoms with Crippen molar-refractivity contribution in [1.29, 1.82) is 0 Å². The number of hydrogen-bond donors (Lipinski definition) is 0. The lowest BCUT2D eigenvalue weighted by molar-refractivity contribution is 0.117. The summed E-state index contributed by atoms with van der Waals surface area (Å²) in [5, 5.41) is 0. The fourth-order valence-electron chi connectivity index (χ4n) is 2.21. The molecule has 0 aliphatic heterocycles. The van der Waals surface area contributed by atoms with Gasteiger partial charge in [0, 0.05) is 11.5 Å². The Bertz CT molecular complexity index is 301. The number of ether oxygens (including phenoxy) is 1. The Morgan fingerprint density at radius 2 is 2.40 bits per heavy atom. The van der Waals surface area contributed by atoms with Gasteiger partial charge in [-0.1, -0.05) is 12.2 Å². The topological polar surface area (TPSA) is 35.5 Å². The van der Waals surface area contributed by atoms with E-state index in [9.17, 15) is 4.57 Å². The van der Waals surface area contributed by atoms with Gasteiger partial charge < -0.3 is 4.74 Å². The lowest BCUT2D eigenvalue weighted by Crippen LogP contribution is -2.02. The van der Waals surface area contributed by atoms with E-state index in [1.807, 2.05) is 6.92 Å². The van der Waals surface area contributed by atoms with Gasteiger partial charge in [-0.25, -0.2) is 4.52 Å². The van der Waals surface area contributed by atoms with E-state index >= 15 is 0 Å². The van der Waals surface area contributed by atoms with Gasteiger partial charge in [-0.15, -0.1) is 0 Å². The van der Waals surface area contributed by atoms with Crippen molar-refractivity contribution in [3.63, 3.8) is 0 Å². The first-order valence-corrected chi connectivity index (χ1v) is 5.75. The maximum atomic E-state index is 10.5. The van der Waals surface area contributed by atoms with Crippen molar-refractivity contribution in [1.82, 2.24) is 0 Å². The molecule has 82 valence electrons. The maximum absolute atomic E-state index is 10.5. The minimum Gasteiger partial charge on any atom is -0.462 e. The van der Waals surface area contributed by atoms with Crippen LogP contribution >= 0.6 is 8.69 Å². The molecule has 2 aliphatic rings. The number of hydrogen-bond acceptors (Lipinski definition) is 3. The molecule has 3 atom stereocenters. The van der Waals surface area contributed by atoms with Gasteiger partial charge in [-0.3, -0.25) is 0 Å². The Morgan fingerprint density at radius 1 is 1.60 bits per heavy atom. The molecule has 1 saturated carbocycles. The fraction of sp³-hybridized carbons (Fsp3) is 0.600. The summed E-state index contributed by atoms with van der Waals surface area (Å²) >= 11 is 0. The summed E-state index contributed by atoms with van der Waals surface area (Å²) < 4.78 is 20.8. The van der Waals surface area contributed by atoms with Crippen molar-refractivity contribution in [3.8, 4) is 0 Å². The van der Waals surface area contributed by atoms with Crippen molar-refractivity contribution >= 4 is 26.0 Å². The first kappa shape index (κ1) is 12.8. The molecule has 0 aromatic carbocycles. The third-order valence-corrected chi connectivity index (χ3v) is 3.04. The van der Waals surface area contributed by atoms with Crippen molar-refractivity contribution in [2.24, 2.45) is 11.8 Å². The summed E-state index contributed by atoms with van der Waals surface area (Å²) in [6.45, 7) is 2.46. The average Bonchev–Trinajstić information content (AvgIpc) is 2.78. The largest absolute Gasteiger partial charge is 0.545 e. The normalized spacial score (nSPS) is 30.2. The van der Waals surface area contributed by atoms with Crippen molar-refractivity contribution in [3.05, 3.63) is 23.7 Å². The zero-order valence-corrected chi connectivity index (χ0v) is 9.16. The fourth-order valence-corrected chi connectivity index (χ4v) is 2.48. The van der Waals surface area contributed by atoms with E-state index in [-0.39, 0.29) is 17.4 Å². The van der Waals surface area contributed by atoms with Gasteiger partial charge in [-0.05, 0) is 30.2 Å². The van der Waals surface area contributed by atoms with Gasteiger partial charge in [-0.2, -0.15) is 0 Å². The number of fused-ring (bicyclic) bond motifs is 2. The highest BCUT2D eigenvalue weighted by molar-refractivity contribution is 7.17. The first-order valence-electron chi connectivity index (χ1n) is 4.93. The molecule has 0 heterocycles. The Balaban J connectivity index is 0.00000112. The van der Waals surface area contributed by atoms with Crippen molar-refractivity contribution in [2.75, 3.05) is 6.61 Å². The van der Waals surface area contributed by atoms with E-state index < -0.39 is 8.69 Å². The van der Waals surface area contributed by atoms with Crippen LogP contribution in [0.1, 0.15) is 19.8 Å². The third-order valence-electron chi connectivity index (χ3n) is 2.77. The van der Waals surface area contributed by atoms with E-state index in [4.69, 9.17) is 9.26 Å². The molecule has 5 heteroatoms. The van der Waals surface area contributed by atoms with Crippen LogP contribution in [-0.4, -0.2) is 24.0 Å². The zero-order chi connectivity index (χ0) is 9.97. The van der Waals surface area contributed by atoms with E-state index in [0.29, 0.717) is 24.4 Å². The molecule has 0 spiro atoms. The highest BCUT2D eigenvalue weighted by Gasteiger charge is 2.35. The van der Waals surface area contributed by atoms with Gasteiger partial charge in [0.05, 0.1) is 6.61 Å². The molecule has 1 fully saturated rings. The Morgan fingerprint density at radius 3 is 2.87 bits per heavy atom. The second kappa shape index (κ2) is 5.70. The molecule has 15 heavy (non-hydrogen) atoms. The smallest absolute Gasteiger partial charge is 0.462 e. The molecule has 0 saturated heterocycles. The highest BCUT2D eigenvalue weighted by Crippen LogP contribution is 2.45. The second-order valence-electron chi connectivity index (χ2n) is 3.62. The van der Waals surface area contributed by atoms with Crippen LogP contribution in [-0.2, 0) is 13.8 Å². The van der Waals surface area contributed by atoms with Crippen molar-refractivity contribution < 1.29 is 13.8 Å². The van der Waals surface area contributed by atoms with E-state index in [1.54, 1.807) is 0 Å². The van der Waals surface area contributed by atoms with Crippen LogP contribution in [0.25, 0.3) is 0 Å². The molecular formula is C10H17AlO3P+. The molecule has 3 unspecified atom stereocenters. The van der Waals surface area contributed by atoms with Crippen LogP contribution in [0.3, 0.4) is 0 Å². The van der Waals surface area contributed by atoms with Crippen LogP contribution in [0.2, 0.25) is 0 Å². The van der Waals surface area contributed by atoms with E-state index in [1.165, 1.54) is 5.57 Å². The summed E-state index contributed by atoms with van der Waals surface area (Å²) in [7, 11) is -0.776. The van der Waals surface area contributed by atoms with Gasteiger partial charge in [0.1, 0.15) is 0 Å². The van der Waals surface area contributed by atoms with Crippen LogP contribution in [0.4, 0.5) is 0 Å². The molecule has 2 aliphatic carbocycles. The molecular weight excluding hydrogens is 226 g/mol. The highest BCUT2D eigenvalue weighted by atomic mass is 31.1. The first-order chi connectivity index (χ1) is 6.85. The quantitative estimate of drug-likeness (QED) is 0.325. The second-order valence-corrected chi connectivity index (χ2v) is 3.99. The third kappa shape index (κ3) is 2.64. The molecule has 0 radical (unpaired) electrons. The lowest BCUT2D eigenvalue weighted by atomic mass is 10.0. The van der Waals surface area contributed by atoms with Crippen LogP contribution in [0, 0.1) is 11.8 Å². The van der Waals surface area contributed by atoms with Crippen LogP contribution in [0.15, 0.2) is 23.7 Å². The van der Waals surface area contributed by atoms with Gasteiger partial charge in [0.25, 0.3) is 0 Å². The summed E-state index contributed by atoms with van der Waals surface area (Å²) in [5.41, 5.74) is 1.18. The Hall–Kier alpha value is -0.288. The SMILES string of the molecule is CCO/C(O[PH+]=O)=C1/CC2C=CC1C2.[AlH3]. The predicted molar refractivity (Wildman–Crippen MR) is 64.0 cm³/mol. The molecule has 0 aromatic heterocycles. The molecule has 0 amide bonds. The predicted octanol–water partition coefficient (Wildman–Crippen LogP) is 1.60. The minimum absolute atomic E-state index is 0. The van der Waals surface area contributed by atoms with Gasteiger partial charge in [0.2, 0.25) is 0 Å². The molecule has 2 bridgehead atoms. The monoisotopic (exact) mass is 243 g/mol. The average molecular weight is 243 g/mol. The maximum Gasteiger partial charge on any atom is 0.545 e. The number of rotatable bonds is 4. The van der Waals surface area contributed by atoms with Gasteiger partial charge >= 0.3 is 14.6 Å². The van der Waals surface area contributed by atoms with Crippen LogP contribution < -0.4 is 0 Å².